The zero-order valence-electron chi connectivity index (χ0n) is 7.16. The Morgan fingerprint density at radius 3 is 2.08 bits per heavy atom. The van der Waals surface area contributed by atoms with Gasteiger partial charge >= 0.3 is 0 Å². The molecule has 2 bridgehead atoms. The molecule has 1 spiro atoms. The van der Waals surface area contributed by atoms with Crippen molar-refractivity contribution in [3.05, 3.63) is 0 Å². The van der Waals surface area contributed by atoms with E-state index < -0.39 is 0 Å². The summed E-state index contributed by atoms with van der Waals surface area (Å²) in [6.45, 7) is 1.68. The molecular formula is C10H14O2. The molecule has 2 nitrogen and oxygen atoms in total. The first-order valence-corrected chi connectivity index (χ1v) is 5.20. The van der Waals surface area contributed by atoms with E-state index in [0.29, 0.717) is 0 Å². The molecule has 12 heavy (non-hydrogen) atoms. The largest absolute Gasteiger partial charge is 0.347 e. The van der Waals surface area contributed by atoms with Crippen molar-refractivity contribution in [3.8, 4) is 0 Å². The maximum absolute atomic E-state index is 5.87. The zero-order valence-corrected chi connectivity index (χ0v) is 7.16. The summed E-state index contributed by atoms with van der Waals surface area (Å²) >= 11 is 0. The van der Waals surface area contributed by atoms with Crippen LogP contribution in [0.25, 0.3) is 0 Å². The zero-order chi connectivity index (χ0) is 7.76. The lowest BCUT2D eigenvalue weighted by Crippen LogP contribution is -2.38. The highest BCUT2D eigenvalue weighted by Gasteiger charge is 2.72. The molecule has 0 radical (unpaired) electrons. The lowest BCUT2D eigenvalue weighted by Gasteiger charge is -2.30. The van der Waals surface area contributed by atoms with Crippen molar-refractivity contribution in [3.63, 3.8) is 0 Å². The summed E-state index contributed by atoms with van der Waals surface area (Å²) in [6, 6.07) is 0. The number of fused-ring (bicyclic) bond motifs is 3. The highest BCUT2D eigenvalue weighted by molar-refractivity contribution is 5.16. The Labute approximate surface area is 72.2 Å². The second-order valence-corrected chi connectivity index (χ2v) is 4.77. The molecule has 0 unspecified atom stereocenters. The molecule has 4 fully saturated rings. The molecule has 0 N–H and O–H groups in total. The second kappa shape index (κ2) is 1.73. The molecule has 4 rings (SSSR count). The van der Waals surface area contributed by atoms with E-state index in [1.54, 1.807) is 0 Å². The van der Waals surface area contributed by atoms with Crippen molar-refractivity contribution in [2.45, 2.75) is 25.0 Å². The van der Waals surface area contributed by atoms with Gasteiger partial charge in [-0.1, -0.05) is 0 Å². The Morgan fingerprint density at radius 1 is 0.917 bits per heavy atom. The summed E-state index contributed by atoms with van der Waals surface area (Å²) in [4.78, 5) is 0. The number of hydrogen-bond donors (Lipinski definition) is 0. The minimum atomic E-state index is -0.0619. The van der Waals surface area contributed by atoms with E-state index in [9.17, 15) is 0 Å². The molecule has 0 aromatic rings. The lowest BCUT2D eigenvalue weighted by atomic mass is 9.99. The molecular weight excluding hydrogens is 152 g/mol. The van der Waals surface area contributed by atoms with Crippen LogP contribution in [0.15, 0.2) is 0 Å². The Hall–Kier alpha value is -0.0800. The van der Waals surface area contributed by atoms with Gasteiger partial charge in [0, 0.05) is 11.8 Å². The predicted molar refractivity (Wildman–Crippen MR) is 42.4 cm³/mol. The maximum atomic E-state index is 5.87. The van der Waals surface area contributed by atoms with Crippen LogP contribution in [0.2, 0.25) is 0 Å². The van der Waals surface area contributed by atoms with E-state index in [1.807, 2.05) is 0 Å². The van der Waals surface area contributed by atoms with E-state index in [-0.39, 0.29) is 5.79 Å². The number of ether oxygens (including phenoxy) is 2. The van der Waals surface area contributed by atoms with E-state index in [0.717, 1.165) is 36.9 Å². The van der Waals surface area contributed by atoms with Gasteiger partial charge in [0.05, 0.1) is 13.2 Å². The second-order valence-electron chi connectivity index (χ2n) is 4.77. The van der Waals surface area contributed by atoms with Crippen LogP contribution in [0.4, 0.5) is 0 Å². The van der Waals surface area contributed by atoms with E-state index in [1.165, 1.54) is 19.3 Å². The Bertz CT molecular complexity index is 214. The van der Waals surface area contributed by atoms with E-state index in [2.05, 4.69) is 0 Å². The maximum Gasteiger partial charge on any atom is 0.174 e. The molecule has 0 aromatic heterocycles. The molecule has 4 aliphatic rings. The van der Waals surface area contributed by atoms with Crippen molar-refractivity contribution in [1.29, 1.82) is 0 Å². The summed E-state index contributed by atoms with van der Waals surface area (Å²) < 4.78 is 11.7. The van der Waals surface area contributed by atoms with E-state index >= 15 is 0 Å². The summed E-state index contributed by atoms with van der Waals surface area (Å²) in [6.07, 6.45) is 4.21. The fourth-order valence-electron chi connectivity index (χ4n) is 4.09. The van der Waals surface area contributed by atoms with Gasteiger partial charge in [-0.15, -0.1) is 0 Å². The van der Waals surface area contributed by atoms with Crippen LogP contribution in [-0.2, 0) is 9.47 Å². The third kappa shape index (κ3) is 0.495. The molecule has 4 atom stereocenters. The molecule has 1 aliphatic heterocycles. The Kier molecular flexibility index (Phi) is 0.921. The fourth-order valence-corrected chi connectivity index (χ4v) is 4.09. The van der Waals surface area contributed by atoms with Crippen LogP contribution < -0.4 is 0 Å². The molecule has 0 amide bonds. The van der Waals surface area contributed by atoms with Crippen LogP contribution in [0.1, 0.15) is 19.3 Å². The average molecular weight is 166 g/mol. The van der Waals surface area contributed by atoms with Gasteiger partial charge in [0.15, 0.2) is 5.79 Å². The topological polar surface area (TPSA) is 18.5 Å². The molecule has 3 saturated carbocycles. The highest BCUT2D eigenvalue weighted by Crippen LogP contribution is 2.71. The summed E-state index contributed by atoms with van der Waals surface area (Å²) in [5.74, 6) is 3.46. The Balaban J connectivity index is 1.80. The normalized spacial score (nSPS) is 58.0. The van der Waals surface area contributed by atoms with Crippen molar-refractivity contribution < 1.29 is 9.47 Å². The van der Waals surface area contributed by atoms with Gasteiger partial charge in [0.2, 0.25) is 0 Å². The first kappa shape index (κ1) is 6.39. The molecule has 0 aromatic carbocycles. The van der Waals surface area contributed by atoms with Gasteiger partial charge in [0.1, 0.15) is 0 Å². The smallest absolute Gasteiger partial charge is 0.174 e. The van der Waals surface area contributed by atoms with Crippen LogP contribution in [0.3, 0.4) is 0 Å². The van der Waals surface area contributed by atoms with Gasteiger partial charge in [-0.25, -0.2) is 0 Å². The molecule has 3 aliphatic carbocycles. The predicted octanol–water partition coefficient (Wildman–Crippen LogP) is 1.41. The third-order valence-corrected chi connectivity index (χ3v) is 4.49. The van der Waals surface area contributed by atoms with Crippen LogP contribution >= 0.6 is 0 Å². The third-order valence-electron chi connectivity index (χ3n) is 4.49. The minimum Gasteiger partial charge on any atom is -0.347 e. The monoisotopic (exact) mass is 166 g/mol. The SMILES string of the molecule is C1COC2(O1)[C@@H]1CC[C@H]2[C@H]2C[C@H]21. The van der Waals surface area contributed by atoms with Crippen molar-refractivity contribution >= 4 is 0 Å². The molecule has 2 heteroatoms. The minimum absolute atomic E-state index is 0.0619. The summed E-state index contributed by atoms with van der Waals surface area (Å²) in [5, 5.41) is 0. The first-order chi connectivity index (χ1) is 5.92. The lowest BCUT2D eigenvalue weighted by molar-refractivity contribution is -0.198. The van der Waals surface area contributed by atoms with Gasteiger partial charge in [-0.05, 0) is 31.1 Å². The molecule has 1 heterocycles. The summed E-state index contributed by atoms with van der Waals surface area (Å²) in [5.41, 5.74) is 0. The standard InChI is InChI=1S/C10H14O2/c1-2-9-7-5-6(7)8(1)10(9)11-3-4-12-10/h6-9H,1-5H2/t6-,7+,8-,9+. The quantitative estimate of drug-likeness (QED) is 0.541. The van der Waals surface area contributed by atoms with Gasteiger partial charge in [-0.2, -0.15) is 0 Å². The van der Waals surface area contributed by atoms with Crippen LogP contribution in [0.5, 0.6) is 0 Å². The Morgan fingerprint density at radius 2 is 1.50 bits per heavy atom. The van der Waals surface area contributed by atoms with Gasteiger partial charge in [-0.3, -0.25) is 0 Å². The average Bonchev–Trinajstić information content (AvgIpc) is 2.54. The molecule has 66 valence electrons. The number of hydrogen-bond acceptors (Lipinski definition) is 2. The summed E-state index contributed by atoms with van der Waals surface area (Å²) in [7, 11) is 0. The van der Waals surface area contributed by atoms with Gasteiger partial charge < -0.3 is 9.47 Å². The van der Waals surface area contributed by atoms with Gasteiger partial charge in [0.25, 0.3) is 0 Å². The van der Waals surface area contributed by atoms with Crippen molar-refractivity contribution in [2.24, 2.45) is 23.7 Å². The fraction of sp³-hybridized carbons (Fsp3) is 1.00. The first-order valence-electron chi connectivity index (χ1n) is 5.20. The van der Waals surface area contributed by atoms with Crippen LogP contribution in [0, 0.1) is 23.7 Å². The number of rotatable bonds is 0. The molecule has 1 saturated heterocycles. The van der Waals surface area contributed by atoms with Crippen molar-refractivity contribution in [2.75, 3.05) is 13.2 Å². The van der Waals surface area contributed by atoms with Crippen molar-refractivity contribution in [1.82, 2.24) is 0 Å². The van der Waals surface area contributed by atoms with Crippen LogP contribution in [-0.4, -0.2) is 19.0 Å². The highest BCUT2D eigenvalue weighted by atomic mass is 16.7. The van der Waals surface area contributed by atoms with E-state index in [4.69, 9.17) is 9.47 Å².